The van der Waals surface area contributed by atoms with Crippen LogP contribution in [0.5, 0.6) is 0 Å². The summed E-state index contributed by atoms with van der Waals surface area (Å²) in [6, 6.07) is 12.6. The number of pyridine rings is 1. The van der Waals surface area contributed by atoms with Crippen molar-refractivity contribution in [2.75, 3.05) is 10.6 Å². The lowest BCUT2D eigenvalue weighted by Crippen LogP contribution is -2.16. The number of carbonyl (C=O) groups is 1. The molecule has 0 saturated heterocycles. The van der Waals surface area contributed by atoms with Crippen LogP contribution in [0.25, 0.3) is 0 Å². The Kier molecular flexibility index (Phi) is 4.20. The SMILES string of the molecule is O=C(Nc1cccc(NC2CCCC2)c1)[C@H]1C[C@@H]1c1cccnc1. The summed E-state index contributed by atoms with van der Waals surface area (Å²) in [6.45, 7) is 0. The summed E-state index contributed by atoms with van der Waals surface area (Å²) in [5.41, 5.74) is 3.13. The molecule has 1 heterocycles. The number of carbonyl (C=O) groups excluding carboxylic acids is 1. The van der Waals surface area contributed by atoms with E-state index in [4.69, 9.17) is 0 Å². The Morgan fingerprint density at radius 3 is 2.71 bits per heavy atom. The molecule has 4 heteroatoms. The van der Waals surface area contributed by atoms with E-state index in [1.54, 1.807) is 6.20 Å². The molecule has 4 nitrogen and oxygen atoms in total. The molecule has 1 amide bonds. The van der Waals surface area contributed by atoms with Crippen LogP contribution in [0, 0.1) is 5.92 Å². The normalized spacial score (nSPS) is 23.0. The molecule has 2 N–H and O–H groups in total. The molecule has 2 saturated carbocycles. The van der Waals surface area contributed by atoms with Crippen molar-refractivity contribution in [3.05, 3.63) is 54.4 Å². The van der Waals surface area contributed by atoms with Gasteiger partial charge in [0.1, 0.15) is 0 Å². The molecule has 1 aromatic heterocycles. The summed E-state index contributed by atoms with van der Waals surface area (Å²) in [5, 5.41) is 6.64. The maximum Gasteiger partial charge on any atom is 0.228 e. The van der Waals surface area contributed by atoms with E-state index in [9.17, 15) is 4.79 Å². The van der Waals surface area contributed by atoms with Crippen LogP contribution in [0.3, 0.4) is 0 Å². The fourth-order valence-electron chi connectivity index (χ4n) is 3.68. The zero-order chi connectivity index (χ0) is 16.4. The lowest BCUT2D eigenvalue weighted by molar-refractivity contribution is -0.117. The summed E-state index contributed by atoms with van der Waals surface area (Å²) >= 11 is 0. The van der Waals surface area contributed by atoms with E-state index in [0.29, 0.717) is 12.0 Å². The number of anilines is 2. The second-order valence-electron chi connectivity index (χ2n) is 6.93. The lowest BCUT2D eigenvalue weighted by Gasteiger charge is -2.14. The minimum Gasteiger partial charge on any atom is -0.382 e. The van der Waals surface area contributed by atoms with E-state index in [1.165, 1.54) is 25.7 Å². The predicted molar refractivity (Wildman–Crippen MR) is 96.0 cm³/mol. The average Bonchev–Trinajstić information content (AvgIpc) is 3.26. The second-order valence-corrected chi connectivity index (χ2v) is 6.93. The zero-order valence-corrected chi connectivity index (χ0v) is 13.7. The van der Waals surface area contributed by atoms with E-state index in [2.05, 4.69) is 27.8 Å². The Morgan fingerprint density at radius 2 is 1.92 bits per heavy atom. The van der Waals surface area contributed by atoms with Crippen molar-refractivity contribution >= 4 is 17.3 Å². The first-order valence-electron chi connectivity index (χ1n) is 8.87. The van der Waals surface area contributed by atoms with Crippen LogP contribution in [0.15, 0.2) is 48.8 Å². The van der Waals surface area contributed by atoms with E-state index >= 15 is 0 Å². The van der Waals surface area contributed by atoms with Crippen LogP contribution in [-0.4, -0.2) is 16.9 Å². The van der Waals surface area contributed by atoms with Crippen molar-refractivity contribution in [1.29, 1.82) is 0 Å². The van der Waals surface area contributed by atoms with E-state index in [-0.39, 0.29) is 11.8 Å². The number of aromatic nitrogens is 1. The van der Waals surface area contributed by atoms with Crippen molar-refractivity contribution in [3.63, 3.8) is 0 Å². The molecule has 4 rings (SSSR count). The highest BCUT2D eigenvalue weighted by Crippen LogP contribution is 2.47. The molecule has 2 aliphatic carbocycles. The van der Waals surface area contributed by atoms with Gasteiger partial charge in [-0.05, 0) is 55.0 Å². The van der Waals surface area contributed by atoms with Crippen LogP contribution in [-0.2, 0) is 4.79 Å². The molecule has 2 atom stereocenters. The minimum absolute atomic E-state index is 0.0700. The Labute approximate surface area is 142 Å². The van der Waals surface area contributed by atoms with Gasteiger partial charge >= 0.3 is 0 Å². The van der Waals surface area contributed by atoms with Crippen LogP contribution < -0.4 is 10.6 Å². The van der Waals surface area contributed by atoms with E-state index < -0.39 is 0 Å². The van der Waals surface area contributed by atoms with Gasteiger partial charge in [0.15, 0.2) is 0 Å². The monoisotopic (exact) mass is 321 g/mol. The van der Waals surface area contributed by atoms with Crippen molar-refractivity contribution in [2.45, 2.75) is 44.1 Å². The number of nitrogens with one attached hydrogen (secondary N) is 2. The standard InChI is InChI=1S/C20H23N3O/c24-20(19-12-18(19)14-5-4-10-21-13-14)23-17-9-3-8-16(11-17)22-15-6-1-2-7-15/h3-5,8-11,13,15,18-19,22H,1-2,6-7,12H2,(H,23,24)/t18-,19+/m1/s1. The number of hydrogen-bond donors (Lipinski definition) is 2. The third-order valence-electron chi connectivity index (χ3n) is 5.10. The number of benzene rings is 1. The molecule has 1 aromatic carbocycles. The topological polar surface area (TPSA) is 54.0 Å². The van der Waals surface area contributed by atoms with Crippen molar-refractivity contribution < 1.29 is 4.79 Å². The molecule has 24 heavy (non-hydrogen) atoms. The first kappa shape index (κ1) is 15.2. The van der Waals surface area contributed by atoms with Gasteiger partial charge in [-0.1, -0.05) is 25.0 Å². The number of rotatable bonds is 5. The zero-order valence-electron chi connectivity index (χ0n) is 13.7. The lowest BCUT2D eigenvalue weighted by atomic mass is 10.1. The molecule has 2 aliphatic rings. The van der Waals surface area contributed by atoms with E-state index in [1.807, 2.05) is 30.5 Å². The Morgan fingerprint density at radius 1 is 1.08 bits per heavy atom. The smallest absolute Gasteiger partial charge is 0.228 e. The highest BCUT2D eigenvalue weighted by Gasteiger charge is 2.44. The molecule has 0 radical (unpaired) electrons. The van der Waals surface area contributed by atoms with Crippen molar-refractivity contribution in [1.82, 2.24) is 4.98 Å². The summed E-state index contributed by atoms with van der Waals surface area (Å²) in [5.74, 6) is 0.501. The quantitative estimate of drug-likeness (QED) is 0.868. The molecule has 0 aliphatic heterocycles. The first-order chi connectivity index (χ1) is 11.8. The number of hydrogen-bond acceptors (Lipinski definition) is 3. The van der Waals surface area contributed by atoms with Crippen LogP contribution >= 0.6 is 0 Å². The molecule has 0 spiro atoms. The van der Waals surface area contributed by atoms with Crippen LogP contribution in [0.2, 0.25) is 0 Å². The molecule has 0 unspecified atom stereocenters. The Balaban J connectivity index is 1.36. The van der Waals surface area contributed by atoms with Crippen LogP contribution in [0.4, 0.5) is 11.4 Å². The molecule has 2 aromatic rings. The summed E-state index contributed by atoms with van der Waals surface area (Å²) < 4.78 is 0. The molecular weight excluding hydrogens is 298 g/mol. The van der Waals surface area contributed by atoms with Gasteiger partial charge in [-0.15, -0.1) is 0 Å². The highest BCUT2D eigenvalue weighted by molar-refractivity contribution is 5.95. The fraction of sp³-hybridized carbons (Fsp3) is 0.400. The summed E-state index contributed by atoms with van der Waals surface area (Å²) in [7, 11) is 0. The first-order valence-corrected chi connectivity index (χ1v) is 8.87. The van der Waals surface area contributed by atoms with Gasteiger partial charge in [-0.25, -0.2) is 0 Å². The summed E-state index contributed by atoms with van der Waals surface area (Å²) in [6.07, 6.45) is 9.65. The van der Waals surface area contributed by atoms with Crippen molar-refractivity contribution in [2.24, 2.45) is 5.92 Å². The number of amides is 1. The van der Waals surface area contributed by atoms with Gasteiger partial charge < -0.3 is 10.6 Å². The van der Waals surface area contributed by atoms with Gasteiger partial charge in [-0.3, -0.25) is 9.78 Å². The Hall–Kier alpha value is -2.36. The predicted octanol–water partition coefficient (Wildman–Crippen LogP) is 4.18. The van der Waals surface area contributed by atoms with Crippen LogP contribution in [0.1, 0.15) is 43.6 Å². The third-order valence-corrected chi connectivity index (χ3v) is 5.10. The number of nitrogens with zero attached hydrogens (tertiary/aromatic N) is 1. The maximum absolute atomic E-state index is 12.5. The van der Waals surface area contributed by atoms with Gasteiger partial charge in [0.05, 0.1) is 0 Å². The molecule has 124 valence electrons. The van der Waals surface area contributed by atoms with Gasteiger partial charge in [0, 0.05) is 35.7 Å². The second kappa shape index (κ2) is 6.63. The largest absolute Gasteiger partial charge is 0.382 e. The van der Waals surface area contributed by atoms with E-state index in [0.717, 1.165) is 23.4 Å². The maximum atomic E-state index is 12.5. The molecule has 2 fully saturated rings. The summed E-state index contributed by atoms with van der Waals surface area (Å²) in [4.78, 5) is 16.6. The average molecular weight is 321 g/mol. The van der Waals surface area contributed by atoms with Gasteiger partial charge in [0.2, 0.25) is 5.91 Å². The van der Waals surface area contributed by atoms with Gasteiger partial charge in [-0.2, -0.15) is 0 Å². The molecular formula is C20H23N3O. The van der Waals surface area contributed by atoms with Gasteiger partial charge in [0.25, 0.3) is 0 Å². The fourth-order valence-corrected chi connectivity index (χ4v) is 3.68. The Bertz CT molecular complexity index is 710. The minimum atomic E-state index is 0.0700. The highest BCUT2D eigenvalue weighted by atomic mass is 16.2. The molecule has 0 bridgehead atoms. The third kappa shape index (κ3) is 3.42. The van der Waals surface area contributed by atoms with Crippen molar-refractivity contribution in [3.8, 4) is 0 Å².